The Balaban J connectivity index is 2.60. The fourth-order valence-corrected chi connectivity index (χ4v) is 2.51. The summed E-state index contributed by atoms with van der Waals surface area (Å²) in [6.45, 7) is 6.91. The molecule has 2 amide bonds. The molecule has 1 N–H and O–H groups in total. The molecule has 0 bridgehead atoms. The Morgan fingerprint density at radius 1 is 1.39 bits per heavy atom. The lowest BCUT2D eigenvalue weighted by Crippen LogP contribution is -2.47. The number of aliphatic carboxylic acids is 1. The normalized spacial score (nSPS) is 21.2. The van der Waals surface area contributed by atoms with Crippen molar-refractivity contribution in [2.24, 2.45) is 11.8 Å². The highest BCUT2D eigenvalue weighted by Gasteiger charge is 2.33. The van der Waals surface area contributed by atoms with E-state index in [0.717, 1.165) is 19.4 Å². The van der Waals surface area contributed by atoms with Crippen LogP contribution in [0.2, 0.25) is 0 Å². The molecule has 0 aliphatic carbocycles. The highest BCUT2D eigenvalue weighted by Crippen LogP contribution is 2.24. The lowest BCUT2D eigenvalue weighted by atomic mass is 10.0. The maximum absolute atomic E-state index is 12.3. The second-order valence-electron chi connectivity index (χ2n) is 5.55. The van der Waals surface area contributed by atoms with Crippen molar-refractivity contribution in [3.05, 3.63) is 0 Å². The molecule has 2 unspecified atom stereocenters. The van der Waals surface area contributed by atoms with E-state index in [0.29, 0.717) is 12.0 Å². The zero-order chi connectivity index (χ0) is 13.9. The number of urea groups is 1. The van der Waals surface area contributed by atoms with E-state index in [9.17, 15) is 9.59 Å². The van der Waals surface area contributed by atoms with E-state index in [2.05, 4.69) is 13.8 Å². The van der Waals surface area contributed by atoms with Crippen molar-refractivity contribution in [2.75, 3.05) is 20.1 Å². The fraction of sp³-hybridized carbons (Fsp3) is 0.846. The lowest BCUT2D eigenvalue weighted by molar-refractivity contribution is -0.141. The van der Waals surface area contributed by atoms with E-state index in [1.807, 2.05) is 4.90 Å². The minimum atomic E-state index is -0.864. The first-order valence-corrected chi connectivity index (χ1v) is 6.59. The zero-order valence-corrected chi connectivity index (χ0v) is 11.7. The minimum Gasteiger partial charge on any atom is -0.481 e. The molecule has 2 atom stereocenters. The minimum absolute atomic E-state index is 0.0423. The summed E-state index contributed by atoms with van der Waals surface area (Å²) in [6, 6.07) is 0.249. The first-order chi connectivity index (χ1) is 8.34. The van der Waals surface area contributed by atoms with Crippen molar-refractivity contribution in [1.29, 1.82) is 0 Å². The van der Waals surface area contributed by atoms with Crippen molar-refractivity contribution in [1.82, 2.24) is 9.80 Å². The van der Waals surface area contributed by atoms with Crippen LogP contribution in [0.3, 0.4) is 0 Å². The third kappa shape index (κ3) is 3.37. The van der Waals surface area contributed by atoms with Gasteiger partial charge in [-0.15, -0.1) is 0 Å². The van der Waals surface area contributed by atoms with Gasteiger partial charge in [-0.1, -0.05) is 20.8 Å². The van der Waals surface area contributed by atoms with E-state index in [-0.39, 0.29) is 12.6 Å². The molecule has 0 radical (unpaired) electrons. The summed E-state index contributed by atoms with van der Waals surface area (Å²) in [7, 11) is 1.68. The first kappa shape index (κ1) is 14.8. The van der Waals surface area contributed by atoms with Crippen molar-refractivity contribution in [3.63, 3.8) is 0 Å². The molecule has 0 aromatic heterocycles. The lowest BCUT2D eigenvalue weighted by Gasteiger charge is -2.32. The van der Waals surface area contributed by atoms with Crippen molar-refractivity contribution in [2.45, 2.75) is 39.7 Å². The Hall–Kier alpha value is -1.26. The fourth-order valence-electron chi connectivity index (χ4n) is 2.51. The van der Waals surface area contributed by atoms with Gasteiger partial charge in [0.25, 0.3) is 0 Å². The molecule has 1 saturated heterocycles. The monoisotopic (exact) mass is 256 g/mol. The molecule has 1 fully saturated rings. The molecule has 18 heavy (non-hydrogen) atoms. The topological polar surface area (TPSA) is 60.9 Å². The Bertz CT molecular complexity index is 317. The van der Waals surface area contributed by atoms with Crippen LogP contribution in [0.4, 0.5) is 4.79 Å². The summed E-state index contributed by atoms with van der Waals surface area (Å²) in [5.74, 6) is -0.947. The molecule has 104 valence electrons. The van der Waals surface area contributed by atoms with E-state index < -0.39 is 11.9 Å². The molecule has 1 aliphatic heterocycles. The van der Waals surface area contributed by atoms with Crippen molar-refractivity contribution >= 4 is 12.0 Å². The predicted molar refractivity (Wildman–Crippen MR) is 69.4 cm³/mol. The summed E-state index contributed by atoms with van der Waals surface area (Å²) in [6.07, 6.45) is 2.09. The number of carbonyl (C=O) groups is 2. The van der Waals surface area contributed by atoms with Crippen LogP contribution in [0.25, 0.3) is 0 Å². The molecule has 0 spiro atoms. The van der Waals surface area contributed by atoms with Crippen LogP contribution in [-0.4, -0.2) is 53.1 Å². The van der Waals surface area contributed by atoms with Crippen LogP contribution in [0, 0.1) is 11.8 Å². The highest BCUT2D eigenvalue weighted by atomic mass is 16.4. The van der Waals surface area contributed by atoms with Gasteiger partial charge >= 0.3 is 12.0 Å². The molecule has 0 aromatic rings. The van der Waals surface area contributed by atoms with Gasteiger partial charge < -0.3 is 14.9 Å². The summed E-state index contributed by atoms with van der Waals surface area (Å²) < 4.78 is 0. The van der Waals surface area contributed by atoms with Crippen LogP contribution in [0.5, 0.6) is 0 Å². The average molecular weight is 256 g/mol. The molecule has 1 rings (SSSR count). The van der Waals surface area contributed by atoms with Gasteiger partial charge in [0.1, 0.15) is 0 Å². The summed E-state index contributed by atoms with van der Waals surface area (Å²) in [5.41, 5.74) is 0. The maximum Gasteiger partial charge on any atom is 0.320 e. The second kappa shape index (κ2) is 6.07. The number of hydrogen-bond acceptors (Lipinski definition) is 2. The SMILES string of the molecule is CC(CN(C)C(=O)N1CCCC1C(C)C)C(=O)O. The Labute approximate surface area is 109 Å². The second-order valence-corrected chi connectivity index (χ2v) is 5.55. The number of hydrogen-bond donors (Lipinski definition) is 1. The van der Waals surface area contributed by atoms with Gasteiger partial charge in [0.05, 0.1) is 5.92 Å². The number of nitrogens with zero attached hydrogens (tertiary/aromatic N) is 2. The Kier molecular flexibility index (Phi) is 4.99. The molecule has 0 saturated carbocycles. The molecule has 1 aliphatic rings. The van der Waals surface area contributed by atoms with Crippen LogP contribution in [0.15, 0.2) is 0 Å². The van der Waals surface area contributed by atoms with Crippen LogP contribution >= 0.6 is 0 Å². The first-order valence-electron chi connectivity index (χ1n) is 6.59. The number of rotatable bonds is 4. The van der Waals surface area contributed by atoms with Gasteiger partial charge in [-0.2, -0.15) is 0 Å². The summed E-state index contributed by atoms with van der Waals surface area (Å²) in [5, 5.41) is 8.87. The molecular formula is C13H24N2O3. The van der Waals surface area contributed by atoms with Crippen LogP contribution < -0.4 is 0 Å². The van der Waals surface area contributed by atoms with Gasteiger partial charge in [-0.25, -0.2) is 4.79 Å². The quantitative estimate of drug-likeness (QED) is 0.835. The standard InChI is InChI=1S/C13H24N2O3/c1-9(2)11-6-5-7-15(11)13(18)14(4)8-10(3)12(16)17/h9-11H,5-8H2,1-4H3,(H,16,17). The number of amides is 2. The molecular weight excluding hydrogens is 232 g/mol. The van der Waals surface area contributed by atoms with E-state index >= 15 is 0 Å². The van der Waals surface area contributed by atoms with Gasteiger partial charge in [0, 0.05) is 26.2 Å². The van der Waals surface area contributed by atoms with Gasteiger partial charge in [-0.05, 0) is 18.8 Å². The van der Waals surface area contributed by atoms with Gasteiger partial charge in [0.15, 0.2) is 0 Å². The predicted octanol–water partition coefficient (Wildman–Crippen LogP) is 1.88. The number of likely N-dealkylation sites (tertiary alicyclic amines) is 1. The zero-order valence-electron chi connectivity index (χ0n) is 11.7. The third-order valence-corrected chi connectivity index (χ3v) is 3.61. The van der Waals surface area contributed by atoms with Gasteiger partial charge in [-0.3, -0.25) is 4.79 Å². The number of carboxylic acids is 1. The Morgan fingerprint density at radius 2 is 2.00 bits per heavy atom. The van der Waals surface area contributed by atoms with Crippen molar-refractivity contribution < 1.29 is 14.7 Å². The largest absolute Gasteiger partial charge is 0.481 e. The molecule has 1 heterocycles. The molecule has 0 aromatic carbocycles. The summed E-state index contributed by atoms with van der Waals surface area (Å²) >= 11 is 0. The Morgan fingerprint density at radius 3 is 2.50 bits per heavy atom. The van der Waals surface area contributed by atoms with E-state index in [1.54, 1.807) is 14.0 Å². The van der Waals surface area contributed by atoms with Gasteiger partial charge in [0.2, 0.25) is 0 Å². The van der Waals surface area contributed by atoms with Crippen molar-refractivity contribution in [3.8, 4) is 0 Å². The molecule has 5 heteroatoms. The van der Waals surface area contributed by atoms with Crippen LogP contribution in [0.1, 0.15) is 33.6 Å². The smallest absolute Gasteiger partial charge is 0.320 e. The summed E-state index contributed by atoms with van der Waals surface area (Å²) in [4.78, 5) is 26.5. The average Bonchev–Trinajstić information content (AvgIpc) is 2.76. The van der Waals surface area contributed by atoms with Crippen LogP contribution in [-0.2, 0) is 4.79 Å². The van der Waals surface area contributed by atoms with E-state index in [1.165, 1.54) is 4.90 Å². The number of carboxylic acid groups (broad SMARTS) is 1. The molecule has 5 nitrogen and oxygen atoms in total. The number of carbonyl (C=O) groups excluding carboxylic acids is 1. The third-order valence-electron chi connectivity index (χ3n) is 3.61. The maximum atomic E-state index is 12.3. The van der Waals surface area contributed by atoms with E-state index in [4.69, 9.17) is 5.11 Å². The highest BCUT2D eigenvalue weighted by molar-refractivity contribution is 5.76.